The van der Waals surface area contributed by atoms with Crippen LogP contribution < -0.4 is 5.32 Å². The van der Waals surface area contributed by atoms with Crippen LogP contribution in [0, 0.1) is 13.8 Å². The van der Waals surface area contributed by atoms with Crippen LogP contribution in [0.5, 0.6) is 0 Å². The van der Waals surface area contributed by atoms with E-state index >= 15 is 0 Å². The van der Waals surface area contributed by atoms with E-state index < -0.39 is 0 Å². The van der Waals surface area contributed by atoms with E-state index in [-0.39, 0.29) is 0 Å². The van der Waals surface area contributed by atoms with Gasteiger partial charge < -0.3 is 5.32 Å². The van der Waals surface area contributed by atoms with E-state index in [0.29, 0.717) is 11.1 Å². The topological polar surface area (TPSA) is 42.2 Å². The van der Waals surface area contributed by atoms with Gasteiger partial charge in [-0.2, -0.15) is 9.61 Å². The van der Waals surface area contributed by atoms with Crippen molar-refractivity contribution in [2.24, 2.45) is 0 Å². The first-order chi connectivity index (χ1) is 11.0. The van der Waals surface area contributed by atoms with Crippen LogP contribution in [0.25, 0.3) is 16.8 Å². The third-order valence-electron chi connectivity index (χ3n) is 4.04. The highest BCUT2D eigenvalue weighted by atomic mass is 35.5. The SMILES string of the molecule is CC[C@@H](C)Nc1cc(C)nc2c(-c3ccccc3Cl)c(C)nn12. The quantitative estimate of drug-likeness (QED) is 0.742. The van der Waals surface area contributed by atoms with Gasteiger partial charge in [-0.05, 0) is 33.3 Å². The number of nitrogens with zero attached hydrogens (tertiary/aromatic N) is 3. The average molecular weight is 329 g/mol. The van der Waals surface area contributed by atoms with Crippen LogP contribution in [-0.2, 0) is 0 Å². The van der Waals surface area contributed by atoms with Gasteiger partial charge in [-0.3, -0.25) is 0 Å². The second-order valence-corrected chi connectivity index (χ2v) is 6.32. The molecular weight excluding hydrogens is 308 g/mol. The number of anilines is 1. The monoisotopic (exact) mass is 328 g/mol. The second-order valence-electron chi connectivity index (χ2n) is 5.91. The summed E-state index contributed by atoms with van der Waals surface area (Å²) in [6.07, 6.45) is 1.04. The van der Waals surface area contributed by atoms with Crippen molar-refractivity contribution in [1.29, 1.82) is 0 Å². The summed E-state index contributed by atoms with van der Waals surface area (Å²) in [7, 11) is 0. The van der Waals surface area contributed by atoms with E-state index in [0.717, 1.165) is 40.4 Å². The van der Waals surface area contributed by atoms with Crippen molar-refractivity contribution in [3.63, 3.8) is 0 Å². The van der Waals surface area contributed by atoms with Crippen LogP contribution >= 0.6 is 11.6 Å². The highest BCUT2D eigenvalue weighted by Crippen LogP contribution is 2.33. The zero-order chi connectivity index (χ0) is 16.6. The molecule has 0 saturated heterocycles. The molecule has 0 radical (unpaired) electrons. The summed E-state index contributed by atoms with van der Waals surface area (Å²) in [4.78, 5) is 4.71. The fraction of sp³-hybridized carbons (Fsp3) is 0.333. The fourth-order valence-electron chi connectivity index (χ4n) is 2.68. The van der Waals surface area contributed by atoms with Gasteiger partial charge in [-0.1, -0.05) is 36.7 Å². The summed E-state index contributed by atoms with van der Waals surface area (Å²) in [5, 5.41) is 8.91. The lowest BCUT2D eigenvalue weighted by molar-refractivity contribution is 0.747. The van der Waals surface area contributed by atoms with E-state index in [1.54, 1.807) is 0 Å². The molecule has 1 N–H and O–H groups in total. The maximum atomic E-state index is 6.39. The average Bonchev–Trinajstić information content (AvgIpc) is 2.84. The molecule has 0 spiro atoms. The van der Waals surface area contributed by atoms with Crippen LogP contribution in [0.15, 0.2) is 30.3 Å². The molecule has 2 aromatic heterocycles. The molecule has 0 aliphatic rings. The Labute approximate surface area is 141 Å². The lowest BCUT2D eigenvalue weighted by Crippen LogP contribution is -2.16. The molecule has 2 heterocycles. The normalized spacial score (nSPS) is 12.6. The van der Waals surface area contributed by atoms with Crippen molar-refractivity contribution in [1.82, 2.24) is 14.6 Å². The number of aryl methyl sites for hydroxylation is 2. The molecule has 3 rings (SSSR count). The molecule has 23 heavy (non-hydrogen) atoms. The van der Waals surface area contributed by atoms with E-state index in [2.05, 4.69) is 19.2 Å². The van der Waals surface area contributed by atoms with Gasteiger partial charge in [0.15, 0.2) is 5.65 Å². The minimum atomic E-state index is 0.369. The van der Waals surface area contributed by atoms with Gasteiger partial charge in [-0.15, -0.1) is 0 Å². The molecule has 0 fully saturated rings. The molecule has 5 heteroatoms. The number of fused-ring (bicyclic) bond motifs is 1. The van der Waals surface area contributed by atoms with Gasteiger partial charge in [0.25, 0.3) is 0 Å². The Morgan fingerprint density at radius 2 is 2.00 bits per heavy atom. The van der Waals surface area contributed by atoms with Gasteiger partial charge in [-0.25, -0.2) is 4.98 Å². The number of hydrogen-bond donors (Lipinski definition) is 1. The van der Waals surface area contributed by atoms with Crippen molar-refractivity contribution in [3.05, 3.63) is 46.7 Å². The summed E-state index contributed by atoms with van der Waals surface area (Å²) >= 11 is 6.39. The number of aromatic nitrogens is 3. The molecule has 0 amide bonds. The molecule has 0 aliphatic carbocycles. The molecule has 4 nitrogen and oxygen atoms in total. The first-order valence-corrected chi connectivity index (χ1v) is 8.27. The summed E-state index contributed by atoms with van der Waals surface area (Å²) in [5.41, 5.74) is 4.67. The number of nitrogens with one attached hydrogen (secondary N) is 1. The fourth-order valence-corrected chi connectivity index (χ4v) is 2.91. The molecule has 3 aromatic rings. The Hall–Kier alpha value is -2.07. The number of benzene rings is 1. The summed E-state index contributed by atoms with van der Waals surface area (Å²) in [5.74, 6) is 0.961. The predicted octanol–water partition coefficient (Wildman–Crippen LogP) is 4.88. The lowest BCUT2D eigenvalue weighted by Gasteiger charge is -2.14. The largest absolute Gasteiger partial charge is 0.367 e. The molecule has 0 aliphatic heterocycles. The molecular formula is C18H21ClN4. The van der Waals surface area contributed by atoms with Crippen LogP contribution in [0.2, 0.25) is 5.02 Å². The van der Waals surface area contributed by atoms with Gasteiger partial charge in [0.1, 0.15) is 5.82 Å². The summed E-state index contributed by atoms with van der Waals surface area (Å²) in [6, 6.07) is 10.2. The van der Waals surface area contributed by atoms with Crippen LogP contribution in [0.4, 0.5) is 5.82 Å². The second kappa shape index (κ2) is 6.20. The van der Waals surface area contributed by atoms with E-state index in [9.17, 15) is 0 Å². The van der Waals surface area contributed by atoms with Gasteiger partial charge >= 0.3 is 0 Å². The van der Waals surface area contributed by atoms with Gasteiger partial charge in [0.2, 0.25) is 0 Å². The zero-order valence-corrected chi connectivity index (χ0v) is 14.6. The highest BCUT2D eigenvalue weighted by Gasteiger charge is 2.18. The minimum Gasteiger partial charge on any atom is -0.367 e. The Balaban J connectivity index is 2.25. The number of halogens is 1. The Bertz CT molecular complexity index is 854. The molecule has 0 saturated carbocycles. The zero-order valence-electron chi connectivity index (χ0n) is 13.9. The smallest absolute Gasteiger partial charge is 0.165 e. The lowest BCUT2D eigenvalue weighted by atomic mass is 10.1. The van der Waals surface area contributed by atoms with Crippen LogP contribution in [-0.4, -0.2) is 20.6 Å². The van der Waals surface area contributed by atoms with Crippen molar-refractivity contribution in [2.45, 2.75) is 40.2 Å². The molecule has 0 unspecified atom stereocenters. The molecule has 1 aromatic carbocycles. The summed E-state index contributed by atoms with van der Waals surface area (Å²) < 4.78 is 1.88. The van der Waals surface area contributed by atoms with Crippen molar-refractivity contribution < 1.29 is 0 Å². The van der Waals surface area contributed by atoms with E-state index in [4.69, 9.17) is 21.7 Å². The molecule has 1 atom stereocenters. The van der Waals surface area contributed by atoms with E-state index in [1.807, 2.05) is 48.7 Å². The Morgan fingerprint density at radius 1 is 1.26 bits per heavy atom. The summed E-state index contributed by atoms with van der Waals surface area (Å²) in [6.45, 7) is 8.32. The van der Waals surface area contributed by atoms with Crippen molar-refractivity contribution in [3.8, 4) is 11.1 Å². The first kappa shape index (κ1) is 15.8. The molecule has 0 bridgehead atoms. The van der Waals surface area contributed by atoms with Crippen molar-refractivity contribution in [2.75, 3.05) is 5.32 Å². The number of hydrogen-bond acceptors (Lipinski definition) is 3. The Morgan fingerprint density at radius 3 is 2.70 bits per heavy atom. The minimum absolute atomic E-state index is 0.369. The van der Waals surface area contributed by atoms with Crippen molar-refractivity contribution >= 4 is 23.1 Å². The predicted molar refractivity (Wildman–Crippen MR) is 96.3 cm³/mol. The maximum Gasteiger partial charge on any atom is 0.165 e. The van der Waals surface area contributed by atoms with Gasteiger partial charge in [0, 0.05) is 28.4 Å². The van der Waals surface area contributed by atoms with Gasteiger partial charge in [0.05, 0.1) is 11.3 Å². The first-order valence-electron chi connectivity index (χ1n) is 7.89. The van der Waals surface area contributed by atoms with E-state index in [1.165, 1.54) is 0 Å². The standard InChI is InChI=1S/C18H21ClN4/c1-5-11(2)20-16-10-12(3)21-18-17(13(4)22-23(16)18)14-8-6-7-9-15(14)19/h6-11,20H,5H2,1-4H3/t11-/m1/s1. The third kappa shape index (κ3) is 2.91. The van der Waals surface area contributed by atoms with Crippen LogP contribution in [0.3, 0.4) is 0 Å². The number of rotatable bonds is 4. The maximum absolute atomic E-state index is 6.39. The Kier molecular flexibility index (Phi) is 4.26. The molecule has 120 valence electrons. The highest BCUT2D eigenvalue weighted by molar-refractivity contribution is 6.33. The van der Waals surface area contributed by atoms with Crippen LogP contribution in [0.1, 0.15) is 31.7 Å². The third-order valence-corrected chi connectivity index (χ3v) is 4.37.